The summed E-state index contributed by atoms with van der Waals surface area (Å²) in [5, 5.41) is 11.2. The summed E-state index contributed by atoms with van der Waals surface area (Å²) in [6, 6.07) is 4.17. The Kier molecular flexibility index (Phi) is 3.88. The second-order valence-corrected chi connectivity index (χ2v) is 3.11. The molecule has 0 fully saturated rings. The van der Waals surface area contributed by atoms with E-state index in [2.05, 4.69) is 11.9 Å². The van der Waals surface area contributed by atoms with Gasteiger partial charge >= 0.3 is 5.97 Å². The van der Waals surface area contributed by atoms with Gasteiger partial charge in [0.05, 0.1) is 12.8 Å². The predicted molar refractivity (Wildman–Crippen MR) is 58.2 cm³/mol. The van der Waals surface area contributed by atoms with Gasteiger partial charge in [0, 0.05) is 18.2 Å². The molecule has 0 unspecified atom stereocenters. The molecule has 16 heavy (non-hydrogen) atoms. The molecule has 0 saturated carbocycles. The van der Waals surface area contributed by atoms with Crippen LogP contribution >= 0.6 is 0 Å². The summed E-state index contributed by atoms with van der Waals surface area (Å²) in [6.45, 7) is 3.30. The van der Waals surface area contributed by atoms with Crippen molar-refractivity contribution < 1.29 is 19.0 Å². The van der Waals surface area contributed by atoms with Crippen LogP contribution in [0.1, 0.15) is 0 Å². The second-order valence-electron chi connectivity index (χ2n) is 3.11. The van der Waals surface area contributed by atoms with Crippen molar-refractivity contribution in [1.29, 1.82) is 0 Å². The van der Waals surface area contributed by atoms with Gasteiger partial charge < -0.3 is 15.2 Å². The summed E-state index contributed by atoms with van der Waals surface area (Å²) in [6.07, 6.45) is 0. The summed E-state index contributed by atoms with van der Waals surface area (Å²) >= 11 is 0. The summed E-state index contributed by atoms with van der Waals surface area (Å²) in [5.74, 6) is -1.10. The molecule has 2 N–H and O–H groups in total. The highest BCUT2D eigenvalue weighted by atomic mass is 19.1. The van der Waals surface area contributed by atoms with E-state index >= 15 is 0 Å². The molecule has 0 bridgehead atoms. The van der Waals surface area contributed by atoms with Crippen LogP contribution in [0.25, 0.3) is 0 Å². The lowest BCUT2D eigenvalue weighted by Crippen LogP contribution is -2.12. The summed E-state index contributed by atoms with van der Waals surface area (Å²) in [4.78, 5) is 10.5. The van der Waals surface area contributed by atoms with Crippen LogP contribution in [0.15, 0.2) is 30.4 Å². The van der Waals surface area contributed by atoms with E-state index in [9.17, 15) is 9.18 Å². The number of ether oxygens (including phenoxy) is 1. The van der Waals surface area contributed by atoms with Crippen LogP contribution in [-0.2, 0) is 4.79 Å². The van der Waals surface area contributed by atoms with Crippen LogP contribution in [0.4, 0.5) is 10.1 Å². The maximum absolute atomic E-state index is 13.3. The molecule has 1 rings (SSSR count). The van der Waals surface area contributed by atoms with Gasteiger partial charge in [0.25, 0.3) is 0 Å². The molecule has 5 heteroatoms. The van der Waals surface area contributed by atoms with E-state index in [-0.39, 0.29) is 17.8 Å². The lowest BCUT2D eigenvalue weighted by Gasteiger charge is -2.08. The van der Waals surface area contributed by atoms with Gasteiger partial charge in [-0.05, 0) is 12.1 Å². The Balaban J connectivity index is 2.73. The molecule has 1 aromatic carbocycles. The lowest BCUT2D eigenvalue weighted by molar-refractivity contribution is -0.132. The number of hydrogen-bond acceptors (Lipinski definition) is 3. The molecule has 0 atom stereocenters. The van der Waals surface area contributed by atoms with E-state index in [0.29, 0.717) is 5.75 Å². The smallest absolute Gasteiger partial charge is 0.332 e. The van der Waals surface area contributed by atoms with Crippen LogP contribution < -0.4 is 10.1 Å². The van der Waals surface area contributed by atoms with Crippen LogP contribution in [0.3, 0.4) is 0 Å². The maximum Gasteiger partial charge on any atom is 0.332 e. The van der Waals surface area contributed by atoms with Crippen molar-refractivity contribution in [2.24, 2.45) is 0 Å². The van der Waals surface area contributed by atoms with E-state index in [1.165, 1.54) is 25.3 Å². The first-order chi connectivity index (χ1) is 7.54. The molecule has 1 aromatic rings. The van der Waals surface area contributed by atoms with Gasteiger partial charge in [-0.1, -0.05) is 6.58 Å². The monoisotopic (exact) mass is 225 g/mol. The van der Waals surface area contributed by atoms with Gasteiger partial charge in [-0.2, -0.15) is 0 Å². The predicted octanol–water partition coefficient (Wildman–Crippen LogP) is 1.89. The molecule has 0 saturated heterocycles. The minimum absolute atomic E-state index is 0.0284. The summed E-state index contributed by atoms with van der Waals surface area (Å²) in [5.41, 5.74) is 0.143. The third kappa shape index (κ3) is 2.98. The fourth-order valence-electron chi connectivity index (χ4n) is 1.04. The van der Waals surface area contributed by atoms with Gasteiger partial charge in [-0.15, -0.1) is 0 Å². The number of anilines is 1. The van der Waals surface area contributed by atoms with Crippen molar-refractivity contribution in [3.05, 3.63) is 36.2 Å². The van der Waals surface area contributed by atoms with E-state index in [4.69, 9.17) is 9.84 Å². The number of halogens is 1. The zero-order valence-corrected chi connectivity index (χ0v) is 8.79. The third-order valence-corrected chi connectivity index (χ3v) is 1.97. The number of rotatable bonds is 5. The average Bonchev–Trinajstić information content (AvgIpc) is 2.27. The fourth-order valence-corrected chi connectivity index (χ4v) is 1.04. The molecular formula is C11H12FNO3. The number of carboxylic acids is 1. The van der Waals surface area contributed by atoms with Crippen LogP contribution in [-0.4, -0.2) is 24.7 Å². The van der Waals surface area contributed by atoms with E-state index in [1.807, 2.05) is 0 Å². The highest BCUT2D eigenvalue weighted by Crippen LogP contribution is 2.21. The minimum atomic E-state index is -1.11. The zero-order valence-electron chi connectivity index (χ0n) is 8.79. The zero-order chi connectivity index (χ0) is 12.1. The number of benzene rings is 1. The van der Waals surface area contributed by atoms with E-state index in [0.717, 1.165) is 0 Å². The largest absolute Gasteiger partial charge is 0.497 e. The normalized spacial score (nSPS) is 9.62. The number of hydrogen-bond donors (Lipinski definition) is 2. The first kappa shape index (κ1) is 12.0. The maximum atomic E-state index is 13.3. The van der Waals surface area contributed by atoms with Crippen LogP contribution in [0, 0.1) is 5.82 Å². The number of nitrogens with one attached hydrogen (secondary N) is 1. The Morgan fingerprint density at radius 1 is 1.62 bits per heavy atom. The second kappa shape index (κ2) is 5.16. The Labute approximate surface area is 92.4 Å². The Hall–Kier alpha value is -2.04. The van der Waals surface area contributed by atoms with E-state index in [1.54, 1.807) is 0 Å². The first-order valence-electron chi connectivity index (χ1n) is 4.53. The molecule has 0 aliphatic heterocycles. The van der Waals surface area contributed by atoms with E-state index < -0.39 is 11.8 Å². The van der Waals surface area contributed by atoms with Crippen LogP contribution in [0.2, 0.25) is 0 Å². The van der Waals surface area contributed by atoms with Gasteiger partial charge in [-0.3, -0.25) is 0 Å². The molecule has 0 radical (unpaired) electrons. The molecule has 86 valence electrons. The van der Waals surface area contributed by atoms with Crippen molar-refractivity contribution in [2.75, 3.05) is 19.0 Å². The third-order valence-electron chi connectivity index (χ3n) is 1.97. The molecular weight excluding hydrogens is 213 g/mol. The van der Waals surface area contributed by atoms with Gasteiger partial charge in [0.1, 0.15) is 11.6 Å². The van der Waals surface area contributed by atoms with Crippen molar-refractivity contribution in [1.82, 2.24) is 0 Å². The molecule has 0 aromatic heterocycles. The summed E-state index contributed by atoms with van der Waals surface area (Å²) < 4.78 is 18.2. The lowest BCUT2D eigenvalue weighted by atomic mass is 10.2. The van der Waals surface area contributed by atoms with Crippen LogP contribution in [0.5, 0.6) is 5.75 Å². The first-order valence-corrected chi connectivity index (χ1v) is 4.53. The van der Waals surface area contributed by atoms with Crippen molar-refractivity contribution in [3.63, 3.8) is 0 Å². The molecule has 0 aliphatic rings. The topological polar surface area (TPSA) is 58.6 Å². The molecule has 0 spiro atoms. The molecule has 4 nitrogen and oxygen atoms in total. The molecule has 0 amide bonds. The Morgan fingerprint density at radius 3 is 2.88 bits per heavy atom. The number of carboxylic acid groups (broad SMARTS) is 1. The molecule has 0 heterocycles. The Bertz CT molecular complexity index is 418. The van der Waals surface area contributed by atoms with Gasteiger partial charge in [0.2, 0.25) is 0 Å². The highest BCUT2D eigenvalue weighted by molar-refractivity contribution is 5.86. The van der Waals surface area contributed by atoms with Crippen molar-refractivity contribution >= 4 is 11.7 Å². The fraction of sp³-hybridized carbons (Fsp3) is 0.182. The van der Waals surface area contributed by atoms with Gasteiger partial charge in [0.15, 0.2) is 0 Å². The number of methoxy groups -OCH3 is 1. The number of carbonyl (C=O) groups is 1. The standard InChI is InChI=1S/C11H12FNO3/c1-7(11(14)15)6-13-10-5-8(16-2)3-4-9(10)12/h3-5,13H,1,6H2,2H3,(H,14,15). The number of aliphatic carboxylic acids is 1. The average molecular weight is 225 g/mol. The quantitative estimate of drug-likeness (QED) is 0.751. The van der Waals surface area contributed by atoms with Crippen molar-refractivity contribution in [2.45, 2.75) is 0 Å². The highest BCUT2D eigenvalue weighted by Gasteiger charge is 2.07. The molecule has 0 aliphatic carbocycles. The van der Waals surface area contributed by atoms with Gasteiger partial charge in [-0.25, -0.2) is 9.18 Å². The Morgan fingerprint density at radius 2 is 2.31 bits per heavy atom. The van der Waals surface area contributed by atoms with Crippen molar-refractivity contribution in [3.8, 4) is 5.75 Å². The minimum Gasteiger partial charge on any atom is -0.497 e. The SMILES string of the molecule is C=C(CNc1cc(OC)ccc1F)C(=O)O. The summed E-state index contributed by atoms with van der Waals surface area (Å²) in [7, 11) is 1.47.